The molecule has 0 aliphatic carbocycles. The molecule has 0 saturated carbocycles. The van der Waals surface area contributed by atoms with Gasteiger partial charge in [0.05, 0.1) is 5.02 Å². The molecule has 0 atom stereocenters. The Morgan fingerprint density at radius 2 is 1.75 bits per heavy atom. The van der Waals surface area contributed by atoms with Crippen molar-refractivity contribution < 1.29 is 9.59 Å². The maximum atomic E-state index is 11.8. The van der Waals surface area contributed by atoms with E-state index in [2.05, 4.69) is 0 Å². The molecule has 86 valence electrons. The van der Waals surface area contributed by atoms with E-state index in [9.17, 15) is 9.59 Å². The van der Waals surface area contributed by atoms with Gasteiger partial charge in [0.1, 0.15) is 0 Å². The van der Waals surface area contributed by atoms with Gasteiger partial charge < -0.3 is 4.90 Å². The summed E-state index contributed by atoms with van der Waals surface area (Å²) in [6, 6.07) is 6.58. The van der Waals surface area contributed by atoms with Gasteiger partial charge in [-0.1, -0.05) is 23.7 Å². The predicted molar refractivity (Wildman–Crippen MR) is 63.7 cm³/mol. The van der Waals surface area contributed by atoms with Crippen LogP contribution in [0.5, 0.6) is 0 Å². The number of carbonyl (C=O) groups excluding carboxylic acids is 2. The normalized spacial score (nSPS) is 9.94. The van der Waals surface area contributed by atoms with Crippen LogP contribution in [0.15, 0.2) is 24.3 Å². The van der Waals surface area contributed by atoms with Gasteiger partial charge in [-0.3, -0.25) is 9.59 Å². The third-order valence-electron chi connectivity index (χ3n) is 2.36. The van der Waals surface area contributed by atoms with E-state index in [1.165, 1.54) is 4.90 Å². The molecule has 4 heteroatoms. The predicted octanol–water partition coefficient (Wildman–Crippen LogP) is 2.39. The zero-order valence-corrected chi connectivity index (χ0v) is 10.1. The minimum atomic E-state index is -0.547. The van der Waals surface area contributed by atoms with Gasteiger partial charge in [0.15, 0.2) is 0 Å². The number of ketones is 1. The Balaban J connectivity index is 2.95. The third-order valence-corrected chi connectivity index (χ3v) is 2.69. The lowest BCUT2D eigenvalue weighted by Crippen LogP contribution is -2.36. The van der Waals surface area contributed by atoms with E-state index >= 15 is 0 Å². The number of hydrogen-bond acceptors (Lipinski definition) is 2. The first-order valence-corrected chi connectivity index (χ1v) is 5.57. The van der Waals surface area contributed by atoms with Gasteiger partial charge in [-0.05, 0) is 26.0 Å². The molecule has 0 heterocycles. The second-order valence-electron chi connectivity index (χ2n) is 3.29. The Morgan fingerprint density at radius 3 is 2.25 bits per heavy atom. The van der Waals surface area contributed by atoms with Crippen molar-refractivity contribution in [2.24, 2.45) is 0 Å². The summed E-state index contributed by atoms with van der Waals surface area (Å²) in [5.41, 5.74) is 0.265. The number of likely N-dealkylation sites (N-methyl/N-ethyl adjacent to an activating group) is 1. The van der Waals surface area contributed by atoms with Gasteiger partial charge in [-0.15, -0.1) is 0 Å². The fourth-order valence-corrected chi connectivity index (χ4v) is 1.64. The molecule has 0 aliphatic heterocycles. The van der Waals surface area contributed by atoms with Crippen LogP contribution in [0.3, 0.4) is 0 Å². The van der Waals surface area contributed by atoms with Crippen molar-refractivity contribution in [2.75, 3.05) is 13.1 Å². The Morgan fingerprint density at radius 1 is 1.19 bits per heavy atom. The van der Waals surface area contributed by atoms with Crippen LogP contribution in [0.25, 0.3) is 0 Å². The van der Waals surface area contributed by atoms with Gasteiger partial charge in [-0.25, -0.2) is 0 Å². The largest absolute Gasteiger partial charge is 0.336 e. The molecule has 0 bridgehead atoms. The Bertz CT molecular complexity index is 400. The van der Waals surface area contributed by atoms with Crippen LogP contribution < -0.4 is 0 Å². The first-order valence-electron chi connectivity index (χ1n) is 5.19. The molecular weight excluding hydrogens is 226 g/mol. The summed E-state index contributed by atoms with van der Waals surface area (Å²) in [7, 11) is 0. The van der Waals surface area contributed by atoms with Crippen molar-refractivity contribution in [3.8, 4) is 0 Å². The fourth-order valence-electron chi connectivity index (χ4n) is 1.41. The molecule has 0 radical (unpaired) electrons. The van der Waals surface area contributed by atoms with E-state index in [1.54, 1.807) is 24.3 Å². The summed E-state index contributed by atoms with van der Waals surface area (Å²) >= 11 is 5.86. The average molecular weight is 240 g/mol. The van der Waals surface area contributed by atoms with E-state index in [4.69, 9.17) is 11.6 Å². The summed E-state index contributed by atoms with van der Waals surface area (Å²) in [5, 5.41) is 0.313. The molecule has 0 aliphatic rings. The molecule has 1 rings (SSSR count). The van der Waals surface area contributed by atoms with Crippen LogP contribution in [-0.4, -0.2) is 29.7 Å². The molecule has 3 nitrogen and oxygen atoms in total. The lowest BCUT2D eigenvalue weighted by molar-refractivity contribution is -0.126. The number of amides is 1. The molecule has 1 amide bonds. The molecule has 1 aromatic rings. The van der Waals surface area contributed by atoms with Crippen LogP contribution in [0.2, 0.25) is 5.02 Å². The van der Waals surface area contributed by atoms with E-state index in [0.717, 1.165) is 0 Å². The highest BCUT2D eigenvalue weighted by Gasteiger charge is 2.22. The summed E-state index contributed by atoms with van der Waals surface area (Å²) in [6.07, 6.45) is 0. The van der Waals surface area contributed by atoms with E-state index in [-0.39, 0.29) is 5.56 Å². The fraction of sp³-hybridized carbons (Fsp3) is 0.333. The van der Waals surface area contributed by atoms with Crippen LogP contribution in [-0.2, 0) is 4.79 Å². The number of nitrogens with zero attached hydrogens (tertiary/aromatic N) is 1. The second kappa shape index (κ2) is 5.66. The van der Waals surface area contributed by atoms with Crippen LogP contribution in [0.4, 0.5) is 0 Å². The molecule has 0 spiro atoms. The zero-order valence-electron chi connectivity index (χ0n) is 9.37. The summed E-state index contributed by atoms with van der Waals surface area (Å²) in [6.45, 7) is 4.71. The number of hydrogen-bond donors (Lipinski definition) is 0. The maximum absolute atomic E-state index is 11.8. The van der Waals surface area contributed by atoms with Gasteiger partial charge in [-0.2, -0.15) is 0 Å². The summed E-state index contributed by atoms with van der Waals surface area (Å²) in [5.74, 6) is -1.05. The van der Waals surface area contributed by atoms with Gasteiger partial charge in [0.25, 0.3) is 11.7 Å². The van der Waals surface area contributed by atoms with E-state index in [1.807, 2.05) is 13.8 Å². The third kappa shape index (κ3) is 2.61. The Hall–Kier alpha value is -1.35. The topological polar surface area (TPSA) is 37.4 Å². The van der Waals surface area contributed by atoms with Gasteiger partial charge >= 0.3 is 0 Å². The molecule has 0 N–H and O–H groups in total. The highest BCUT2D eigenvalue weighted by atomic mass is 35.5. The Labute approximate surface area is 100 Å². The average Bonchev–Trinajstić information content (AvgIpc) is 2.30. The van der Waals surface area contributed by atoms with Crippen molar-refractivity contribution in [1.29, 1.82) is 0 Å². The maximum Gasteiger partial charge on any atom is 0.294 e. The molecule has 0 unspecified atom stereocenters. The Kier molecular flexibility index (Phi) is 4.50. The number of carbonyl (C=O) groups is 2. The second-order valence-corrected chi connectivity index (χ2v) is 3.69. The molecular formula is C12H14ClNO2. The highest BCUT2D eigenvalue weighted by Crippen LogP contribution is 2.16. The van der Waals surface area contributed by atoms with Crippen molar-refractivity contribution >= 4 is 23.3 Å². The smallest absolute Gasteiger partial charge is 0.294 e. The van der Waals surface area contributed by atoms with Gasteiger partial charge in [0, 0.05) is 18.7 Å². The lowest BCUT2D eigenvalue weighted by atomic mass is 10.1. The summed E-state index contributed by atoms with van der Waals surface area (Å²) in [4.78, 5) is 25.1. The first kappa shape index (κ1) is 12.7. The summed E-state index contributed by atoms with van der Waals surface area (Å²) < 4.78 is 0. The molecule has 0 aromatic heterocycles. The highest BCUT2D eigenvalue weighted by molar-refractivity contribution is 6.46. The number of halogens is 1. The first-order chi connectivity index (χ1) is 7.61. The quantitative estimate of drug-likeness (QED) is 0.598. The minimum absolute atomic E-state index is 0.265. The van der Waals surface area contributed by atoms with Crippen LogP contribution in [0, 0.1) is 0 Å². The van der Waals surface area contributed by atoms with Crippen molar-refractivity contribution in [3.63, 3.8) is 0 Å². The SMILES string of the molecule is CCN(CC)C(=O)C(=O)c1ccccc1Cl. The number of rotatable bonds is 4. The van der Waals surface area contributed by atoms with Crippen molar-refractivity contribution in [3.05, 3.63) is 34.9 Å². The molecule has 16 heavy (non-hydrogen) atoms. The standard InChI is InChI=1S/C12H14ClNO2/c1-3-14(4-2)12(16)11(15)9-7-5-6-8-10(9)13/h5-8H,3-4H2,1-2H3. The van der Waals surface area contributed by atoms with Crippen LogP contribution in [0.1, 0.15) is 24.2 Å². The van der Waals surface area contributed by atoms with Crippen molar-refractivity contribution in [2.45, 2.75) is 13.8 Å². The number of Topliss-reactive ketones (excluding diaryl/α,β-unsaturated/α-hetero) is 1. The number of benzene rings is 1. The molecule has 1 aromatic carbocycles. The van der Waals surface area contributed by atoms with Gasteiger partial charge in [0.2, 0.25) is 0 Å². The monoisotopic (exact) mass is 239 g/mol. The van der Waals surface area contributed by atoms with E-state index < -0.39 is 11.7 Å². The molecule has 0 fully saturated rings. The minimum Gasteiger partial charge on any atom is -0.336 e. The van der Waals surface area contributed by atoms with Crippen molar-refractivity contribution in [1.82, 2.24) is 4.90 Å². The van der Waals surface area contributed by atoms with E-state index in [0.29, 0.717) is 18.1 Å². The zero-order chi connectivity index (χ0) is 12.1. The lowest BCUT2D eigenvalue weighted by Gasteiger charge is -2.17. The molecule has 0 saturated heterocycles. The van der Waals surface area contributed by atoms with Crippen LogP contribution >= 0.6 is 11.6 Å².